The lowest BCUT2D eigenvalue weighted by Crippen LogP contribution is -2.51. The predicted molar refractivity (Wildman–Crippen MR) is 240 cm³/mol. The molecule has 61 heavy (non-hydrogen) atoms. The van der Waals surface area contributed by atoms with Gasteiger partial charge in [0, 0.05) is 22.1 Å². The van der Waals surface area contributed by atoms with Gasteiger partial charge in [0.05, 0.1) is 24.8 Å². The number of amides is 5. The van der Waals surface area contributed by atoms with Crippen molar-refractivity contribution in [1.29, 1.82) is 5.41 Å². The number of halogens is 1. The van der Waals surface area contributed by atoms with E-state index >= 15 is 0 Å². The lowest BCUT2D eigenvalue weighted by atomic mass is 10.1. The van der Waals surface area contributed by atoms with Crippen molar-refractivity contribution >= 4 is 64.6 Å². The smallest absolute Gasteiger partial charge is 0.417 e. The van der Waals surface area contributed by atoms with Crippen molar-refractivity contribution in [2.75, 3.05) is 13.2 Å². The third kappa shape index (κ3) is 25.4. The molecule has 5 N–H and O–H groups in total. The molecule has 1 aromatic rings. The third-order valence-electron chi connectivity index (χ3n) is 7.52. The number of nitrogens with one attached hydrogen (secondary N) is 5. The van der Waals surface area contributed by atoms with E-state index in [1.165, 1.54) is 0 Å². The Labute approximate surface area is 375 Å². The molecule has 1 aromatic carbocycles. The molecule has 0 aromatic heterocycles. The summed E-state index contributed by atoms with van der Waals surface area (Å²) >= 11 is 2.04. The van der Waals surface area contributed by atoms with Crippen LogP contribution in [-0.4, -0.2) is 100 Å². The minimum absolute atomic E-state index is 0.0234. The minimum Gasteiger partial charge on any atom is -0.460 e. The number of benzene rings is 1. The summed E-state index contributed by atoms with van der Waals surface area (Å²) in [6.45, 7) is 26.5. The van der Waals surface area contributed by atoms with Crippen LogP contribution in [0.2, 0.25) is 0 Å². The Bertz CT molecular complexity index is 1690. The van der Waals surface area contributed by atoms with Crippen molar-refractivity contribution in [3.8, 4) is 0 Å². The summed E-state index contributed by atoms with van der Waals surface area (Å²) in [4.78, 5) is 78.4. The second-order valence-corrected chi connectivity index (χ2v) is 20.7. The van der Waals surface area contributed by atoms with Gasteiger partial charge in [-0.15, -0.1) is 0 Å². The van der Waals surface area contributed by atoms with Gasteiger partial charge in [0.25, 0.3) is 5.91 Å². The van der Waals surface area contributed by atoms with Crippen LogP contribution in [0.3, 0.4) is 0 Å². The molecule has 1 rings (SSSR count). The topological polar surface area (TPSA) is 224 Å². The van der Waals surface area contributed by atoms with Crippen LogP contribution >= 0.6 is 22.6 Å². The van der Waals surface area contributed by atoms with Gasteiger partial charge in [-0.1, -0.05) is 6.07 Å². The number of urea groups is 1. The Morgan fingerprint density at radius 1 is 0.721 bits per heavy atom. The molecule has 0 unspecified atom stereocenters. The molecule has 5 amide bonds. The molecule has 0 bridgehead atoms. The maximum absolute atomic E-state index is 13.3. The fourth-order valence-corrected chi connectivity index (χ4v) is 5.72. The molecule has 18 heteroatoms. The molecule has 2 atom stereocenters. The molecule has 0 saturated carbocycles. The average molecular weight is 975 g/mol. The molecule has 17 nitrogen and oxygen atoms in total. The maximum atomic E-state index is 13.3. The molecule has 0 saturated heterocycles. The molecular weight excluding hydrogens is 903 g/mol. The fourth-order valence-electron chi connectivity index (χ4n) is 5.04. The van der Waals surface area contributed by atoms with Gasteiger partial charge >= 0.3 is 30.2 Å². The van der Waals surface area contributed by atoms with E-state index in [-0.39, 0.29) is 31.9 Å². The van der Waals surface area contributed by atoms with Gasteiger partial charge in [-0.2, -0.15) is 0 Å². The molecular formula is C43H71IN6O11. The first-order valence-electron chi connectivity index (χ1n) is 20.4. The molecule has 0 spiro atoms. The standard InChI is InChI=1S/C43H71IN6O11/c1-39(2,3)57-26-29(47-36(54)48-31(34(53)59-41(7,8)9)21-22-32(51)58-40(4,5)6)18-16-17-23-46-33(52)27-19-20-28(30(44)24-27)25-50(38(56)61-43(13,14)15)35(45)49-37(55)60-42(10,11)12/h19-20,24,29,31H,16-18,21-23,25-26H2,1-15H3,(H,46,52)(H2,45,49,55)(H2,47,48,54)/t29-,31-/m0/s1. The molecule has 0 heterocycles. The van der Waals surface area contributed by atoms with Crippen LogP contribution in [0.5, 0.6) is 0 Å². The van der Waals surface area contributed by atoms with Crippen molar-refractivity contribution in [2.24, 2.45) is 0 Å². The largest absolute Gasteiger partial charge is 0.460 e. The van der Waals surface area contributed by atoms with Gasteiger partial charge in [-0.05, 0) is 170 Å². The second-order valence-electron chi connectivity index (χ2n) is 19.5. The van der Waals surface area contributed by atoms with E-state index < -0.39 is 76.2 Å². The summed E-state index contributed by atoms with van der Waals surface area (Å²) in [6, 6.07) is 2.74. The van der Waals surface area contributed by atoms with E-state index in [0.717, 1.165) is 4.90 Å². The lowest BCUT2D eigenvalue weighted by Gasteiger charge is -2.28. The number of alkyl carbamates (subject to hydrolysis) is 1. The Morgan fingerprint density at radius 2 is 1.30 bits per heavy atom. The van der Waals surface area contributed by atoms with Gasteiger partial charge in [0.1, 0.15) is 28.4 Å². The van der Waals surface area contributed by atoms with E-state index in [1.54, 1.807) is 101 Å². The highest BCUT2D eigenvalue weighted by Gasteiger charge is 2.31. The summed E-state index contributed by atoms with van der Waals surface area (Å²) in [5, 5.41) is 19.2. The van der Waals surface area contributed by atoms with Gasteiger partial charge in [-0.3, -0.25) is 20.3 Å². The van der Waals surface area contributed by atoms with E-state index in [9.17, 15) is 28.8 Å². The number of ether oxygens (including phenoxy) is 5. The first-order valence-corrected chi connectivity index (χ1v) is 21.5. The zero-order valence-corrected chi connectivity index (χ0v) is 41.0. The van der Waals surface area contributed by atoms with Crippen LogP contribution in [0.25, 0.3) is 0 Å². The zero-order valence-electron chi connectivity index (χ0n) is 38.9. The van der Waals surface area contributed by atoms with E-state index in [0.29, 0.717) is 40.5 Å². The number of guanidine groups is 1. The molecule has 0 radical (unpaired) electrons. The van der Waals surface area contributed by atoms with Crippen LogP contribution in [0.4, 0.5) is 14.4 Å². The van der Waals surface area contributed by atoms with Crippen LogP contribution in [0, 0.1) is 8.98 Å². The summed E-state index contributed by atoms with van der Waals surface area (Å²) in [5.41, 5.74) is -2.74. The van der Waals surface area contributed by atoms with Crippen molar-refractivity contribution in [3.63, 3.8) is 0 Å². The second kappa shape index (κ2) is 23.3. The fraction of sp³-hybridized carbons (Fsp3) is 0.698. The van der Waals surface area contributed by atoms with Crippen molar-refractivity contribution < 1.29 is 52.5 Å². The highest BCUT2D eigenvalue weighted by molar-refractivity contribution is 14.1. The summed E-state index contributed by atoms with van der Waals surface area (Å²) in [6.07, 6.45) is -0.218. The monoisotopic (exact) mass is 974 g/mol. The average Bonchev–Trinajstić information content (AvgIpc) is 3.04. The van der Waals surface area contributed by atoms with Crippen molar-refractivity contribution in [1.82, 2.24) is 26.2 Å². The Kier molecular flexibility index (Phi) is 20.9. The normalized spacial score (nSPS) is 13.2. The Balaban J connectivity index is 2.96. The van der Waals surface area contributed by atoms with Gasteiger partial charge in [-0.25, -0.2) is 24.1 Å². The molecule has 0 fully saturated rings. The summed E-state index contributed by atoms with van der Waals surface area (Å²) < 4.78 is 28.3. The predicted octanol–water partition coefficient (Wildman–Crippen LogP) is 7.70. The SMILES string of the molecule is CC(C)(C)OC[C@H](CCCCNC(=O)c1ccc(CN(C(=N)NC(=O)OC(C)(C)C)C(=O)OC(C)(C)C)c(I)c1)NC(=O)N[C@@H](CCC(=O)OC(C)(C)C)C(=O)OC(C)(C)C. The minimum atomic E-state index is -1.11. The van der Waals surface area contributed by atoms with Crippen LogP contribution in [0.15, 0.2) is 18.2 Å². The van der Waals surface area contributed by atoms with Gasteiger partial charge < -0.3 is 39.6 Å². The number of carbonyl (C=O) groups is 6. The highest BCUT2D eigenvalue weighted by Crippen LogP contribution is 2.20. The first-order chi connectivity index (χ1) is 27.6. The maximum Gasteiger partial charge on any atom is 0.417 e. The van der Waals surface area contributed by atoms with Crippen LogP contribution in [0.1, 0.15) is 152 Å². The van der Waals surface area contributed by atoms with E-state index in [4.69, 9.17) is 29.1 Å². The number of unbranched alkanes of at least 4 members (excludes halogenated alkanes) is 1. The molecule has 346 valence electrons. The quantitative estimate of drug-likeness (QED) is 0.0270. The number of esters is 2. The van der Waals surface area contributed by atoms with Crippen LogP contribution in [-0.2, 0) is 39.8 Å². The van der Waals surface area contributed by atoms with Crippen molar-refractivity contribution in [2.45, 2.75) is 183 Å². The number of carbonyl (C=O) groups excluding carboxylic acids is 6. The number of hydrogen-bond donors (Lipinski definition) is 5. The van der Waals surface area contributed by atoms with Gasteiger partial charge in [0.2, 0.25) is 5.96 Å². The molecule has 0 aliphatic heterocycles. The molecule has 0 aliphatic carbocycles. The Morgan fingerprint density at radius 3 is 1.82 bits per heavy atom. The lowest BCUT2D eigenvalue weighted by molar-refractivity contribution is -0.158. The number of rotatable bonds is 16. The third-order valence-corrected chi connectivity index (χ3v) is 8.52. The number of hydrogen-bond acceptors (Lipinski definition) is 12. The number of nitrogens with zero attached hydrogens (tertiary/aromatic N) is 1. The van der Waals surface area contributed by atoms with Crippen molar-refractivity contribution in [3.05, 3.63) is 32.9 Å². The Hall–Kier alpha value is -4.20. The zero-order chi connectivity index (χ0) is 47.1. The highest BCUT2D eigenvalue weighted by atomic mass is 127. The first kappa shape index (κ1) is 54.8. The summed E-state index contributed by atoms with van der Waals surface area (Å²) in [5.74, 6) is -2.04. The van der Waals surface area contributed by atoms with E-state index in [2.05, 4.69) is 21.3 Å². The summed E-state index contributed by atoms with van der Waals surface area (Å²) in [7, 11) is 0. The van der Waals surface area contributed by atoms with Gasteiger partial charge in [0.15, 0.2) is 0 Å². The molecule has 0 aliphatic rings. The van der Waals surface area contributed by atoms with Crippen LogP contribution < -0.4 is 21.3 Å². The van der Waals surface area contributed by atoms with E-state index in [1.807, 2.05) is 43.4 Å².